The number of hydrogen-bond acceptors (Lipinski definition) is 5. The van der Waals surface area contributed by atoms with Crippen LogP contribution in [0.3, 0.4) is 0 Å². The Balaban J connectivity index is 0.00000133. The summed E-state index contributed by atoms with van der Waals surface area (Å²) in [6.45, 7) is 8.36. The monoisotopic (exact) mass is 481 g/mol. The zero-order valence-electron chi connectivity index (χ0n) is 22.0. The van der Waals surface area contributed by atoms with Crippen molar-refractivity contribution < 1.29 is 19.2 Å². The lowest BCUT2D eigenvalue weighted by atomic mass is 9.83. The first-order valence-corrected chi connectivity index (χ1v) is 13.0. The number of nitrogens with zero attached hydrogens (tertiary/aromatic N) is 1. The molecule has 2 fully saturated rings. The van der Waals surface area contributed by atoms with Crippen molar-refractivity contribution in [3.63, 3.8) is 0 Å². The van der Waals surface area contributed by atoms with Crippen molar-refractivity contribution in [3.8, 4) is 0 Å². The average Bonchev–Trinajstić information content (AvgIpc) is 3.26. The van der Waals surface area contributed by atoms with Crippen molar-refractivity contribution in [1.29, 1.82) is 0 Å². The number of hydrogen-bond donors (Lipinski definition) is 4. The summed E-state index contributed by atoms with van der Waals surface area (Å²) < 4.78 is 0. The summed E-state index contributed by atoms with van der Waals surface area (Å²) in [7, 11) is 3.22. The van der Waals surface area contributed by atoms with Gasteiger partial charge in [-0.05, 0) is 32.2 Å². The lowest BCUT2D eigenvalue weighted by molar-refractivity contribution is -0.142. The van der Waals surface area contributed by atoms with Crippen LogP contribution in [0, 0.1) is 11.8 Å². The highest BCUT2D eigenvalue weighted by Gasteiger charge is 2.44. The van der Waals surface area contributed by atoms with E-state index in [1.54, 1.807) is 32.8 Å². The van der Waals surface area contributed by atoms with Gasteiger partial charge in [0.05, 0.1) is 6.54 Å². The van der Waals surface area contributed by atoms with E-state index in [4.69, 9.17) is 0 Å². The molecule has 9 heteroatoms. The molecule has 34 heavy (non-hydrogen) atoms. The van der Waals surface area contributed by atoms with Gasteiger partial charge in [0.25, 0.3) is 0 Å². The highest BCUT2D eigenvalue weighted by molar-refractivity contribution is 5.93. The van der Waals surface area contributed by atoms with Crippen LogP contribution in [0.4, 0.5) is 0 Å². The van der Waals surface area contributed by atoms with Crippen LogP contribution in [0.15, 0.2) is 0 Å². The summed E-state index contributed by atoms with van der Waals surface area (Å²) in [5.74, 6) is -0.946. The lowest BCUT2D eigenvalue weighted by Crippen LogP contribution is -2.57. The zero-order chi connectivity index (χ0) is 25.7. The van der Waals surface area contributed by atoms with Crippen LogP contribution in [0.5, 0.6) is 0 Å². The Bertz CT molecular complexity index is 662. The predicted octanol–water partition coefficient (Wildman–Crippen LogP) is 1.57. The Kier molecular flexibility index (Phi) is 13.8. The summed E-state index contributed by atoms with van der Waals surface area (Å²) in [5.41, 5.74) is 0. The molecule has 1 saturated carbocycles. The molecule has 2 unspecified atom stereocenters. The second kappa shape index (κ2) is 15.7. The number of carbonyl (C=O) groups is 4. The van der Waals surface area contributed by atoms with Gasteiger partial charge in [0.1, 0.15) is 12.1 Å². The van der Waals surface area contributed by atoms with Crippen molar-refractivity contribution in [1.82, 2.24) is 26.2 Å². The number of unbranched alkanes of at least 4 members (excludes halogenated alkanes) is 1. The molecule has 196 valence electrons. The minimum absolute atomic E-state index is 0.0571. The van der Waals surface area contributed by atoms with Crippen LogP contribution in [0.25, 0.3) is 0 Å². The van der Waals surface area contributed by atoms with Gasteiger partial charge in [0, 0.05) is 25.6 Å². The highest BCUT2D eigenvalue weighted by atomic mass is 16.2. The topological polar surface area (TPSA) is 120 Å². The molecule has 0 spiro atoms. The van der Waals surface area contributed by atoms with Crippen LogP contribution in [-0.2, 0) is 19.2 Å². The van der Waals surface area contributed by atoms with E-state index >= 15 is 0 Å². The summed E-state index contributed by atoms with van der Waals surface area (Å²) in [6.07, 6.45) is 7.95. The van der Waals surface area contributed by atoms with Crippen LogP contribution in [0.1, 0.15) is 79.1 Å². The van der Waals surface area contributed by atoms with Crippen molar-refractivity contribution in [2.45, 2.75) is 97.2 Å². The van der Waals surface area contributed by atoms with Gasteiger partial charge in [-0.25, -0.2) is 0 Å². The van der Waals surface area contributed by atoms with Gasteiger partial charge in [-0.1, -0.05) is 59.8 Å². The Morgan fingerprint density at radius 3 is 2.09 bits per heavy atom. The van der Waals surface area contributed by atoms with Gasteiger partial charge in [-0.3, -0.25) is 19.2 Å². The number of rotatable bonds is 9. The Hall–Kier alpha value is -2.16. The quantitative estimate of drug-likeness (QED) is 0.398. The third-order valence-corrected chi connectivity index (χ3v) is 6.55. The van der Waals surface area contributed by atoms with Gasteiger partial charge in [-0.2, -0.15) is 0 Å². The van der Waals surface area contributed by atoms with Crippen LogP contribution >= 0.6 is 0 Å². The van der Waals surface area contributed by atoms with Crippen LogP contribution < -0.4 is 21.3 Å². The third-order valence-electron chi connectivity index (χ3n) is 6.55. The second-order valence-electron chi connectivity index (χ2n) is 9.69. The molecule has 1 aliphatic carbocycles. The van der Waals surface area contributed by atoms with Crippen LogP contribution in [0.2, 0.25) is 0 Å². The van der Waals surface area contributed by atoms with Crippen molar-refractivity contribution >= 4 is 23.6 Å². The van der Waals surface area contributed by atoms with E-state index in [0.29, 0.717) is 6.42 Å². The Morgan fingerprint density at radius 1 is 0.971 bits per heavy atom. The van der Waals surface area contributed by atoms with E-state index in [-0.39, 0.29) is 54.6 Å². The van der Waals surface area contributed by atoms with Crippen molar-refractivity contribution in [2.75, 3.05) is 27.2 Å². The van der Waals surface area contributed by atoms with Crippen LogP contribution in [-0.4, -0.2) is 73.8 Å². The summed E-state index contributed by atoms with van der Waals surface area (Å²) in [4.78, 5) is 52.1. The van der Waals surface area contributed by atoms with Gasteiger partial charge >= 0.3 is 0 Å². The fourth-order valence-corrected chi connectivity index (χ4v) is 4.38. The summed E-state index contributed by atoms with van der Waals surface area (Å²) >= 11 is 0. The molecule has 9 nitrogen and oxygen atoms in total. The third kappa shape index (κ3) is 9.24. The second-order valence-corrected chi connectivity index (χ2v) is 9.69. The van der Waals surface area contributed by atoms with E-state index in [1.165, 1.54) is 12.8 Å². The number of amides is 4. The normalized spacial score (nSPS) is 21.3. The smallest absolute Gasteiger partial charge is 0.246 e. The maximum atomic E-state index is 13.6. The number of nitrogens with one attached hydrogen (secondary N) is 4. The number of likely N-dealkylation sites (N-methyl/N-ethyl adjacent to an activating group) is 2. The largest absolute Gasteiger partial charge is 0.357 e. The SMILES string of the molecule is CCCC.CNCC(=O)N[C@H](C(=O)N1CC(NC(=O)C(C)C)CC1C(=O)NC)C1CCCCC1. The fourth-order valence-electron chi connectivity index (χ4n) is 4.38. The highest BCUT2D eigenvalue weighted by Crippen LogP contribution is 2.29. The molecule has 2 aliphatic rings. The van der Waals surface area contributed by atoms with Gasteiger partial charge in [0.2, 0.25) is 23.6 Å². The molecule has 1 heterocycles. The minimum Gasteiger partial charge on any atom is -0.357 e. The molecule has 0 aromatic rings. The van der Waals surface area contributed by atoms with E-state index in [2.05, 4.69) is 35.1 Å². The molecular formula is C25H47N5O4. The standard InChI is InChI=1S/C21H37N5O4.C4H10/c1-13(2)19(28)24-15-10-16(20(29)23-4)26(12-15)21(30)18(25-17(27)11-22-3)14-8-6-5-7-9-14;1-3-4-2/h13-16,18,22H,5-12H2,1-4H3,(H,23,29)(H,24,28)(H,25,27);3-4H2,1-2H3/t15?,16?,18-;/m0./s1. The van der Waals surface area contributed by atoms with Gasteiger partial charge in [-0.15, -0.1) is 0 Å². The first-order chi connectivity index (χ1) is 16.2. The molecule has 1 aliphatic heterocycles. The number of carbonyl (C=O) groups excluding carboxylic acids is 4. The van der Waals surface area contributed by atoms with Crippen molar-refractivity contribution in [2.24, 2.45) is 11.8 Å². The summed E-state index contributed by atoms with van der Waals surface area (Å²) in [5, 5.41) is 11.3. The van der Waals surface area contributed by atoms with Gasteiger partial charge in [0.15, 0.2) is 0 Å². The van der Waals surface area contributed by atoms with Gasteiger partial charge < -0.3 is 26.2 Å². The molecule has 3 atom stereocenters. The molecule has 1 saturated heterocycles. The summed E-state index contributed by atoms with van der Waals surface area (Å²) in [6, 6.07) is -1.60. The maximum Gasteiger partial charge on any atom is 0.246 e. The Morgan fingerprint density at radius 2 is 1.59 bits per heavy atom. The molecule has 0 radical (unpaired) electrons. The molecule has 4 amide bonds. The Labute approximate surface area is 205 Å². The molecule has 0 bridgehead atoms. The molecular weight excluding hydrogens is 434 g/mol. The molecule has 4 N–H and O–H groups in total. The first-order valence-electron chi connectivity index (χ1n) is 13.0. The van der Waals surface area contributed by atoms with E-state index < -0.39 is 12.1 Å². The minimum atomic E-state index is -0.660. The van der Waals surface area contributed by atoms with E-state index in [1.807, 2.05) is 0 Å². The van der Waals surface area contributed by atoms with Crippen molar-refractivity contribution in [3.05, 3.63) is 0 Å². The van der Waals surface area contributed by atoms with E-state index in [0.717, 1.165) is 32.1 Å². The van der Waals surface area contributed by atoms with E-state index in [9.17, 15) is 19.2 Å². The first kappa shape index (κ1) is 29.9. The average molecular weight is 482 g/mol. The molecule has 0 aromatic carbocycles. The number of likely N-dealkylation sites (tertiary alicyclic amines) is 1. The molecule has 0 aromatic heterocycles. The maximum absolute atomic E-state index is 13.6. The predicted molar refractivity (Wildman–Crippen MR) is 134 cm³/mol. The molecule has 2 rings (SSSR count). The lowest BCUT2D eigenvalue weighted by Gasteiger charge is -2.34. The zero-order valence-corrected chi connectivity index (χ0v) is 22.0. The fraction of sp³-hybridized carbons (Fsp3) is 0.840.